The van der Waals surface area contributed by atoms with Gasteiger partial charge in [-0.15, -0.1) is 0 Å². The van der Waals surface area contributed by atoms with Gasteiger partial charge in [-0.2, -0.15) is 0 Å². The molecule has 8 rings (SSSR count). The highest BCUT2D eigenvalue weighted by Crippen LogP contribution is 2.60. The maximum Gasteiger partial charge on any atom is 0.100 e. The SMILES string of the molecule is C=C(OC(=C)C1C2CC3CC(C2)CC1C3)C1C2CC3CC(C2)CC1C3. The Balaban J connectivity index is 1.16. The van der Waals surface area contributed by atoms with Crippen molar-refractivity contribution in [2.45, 2.75) is 64.2 Å². The van der Waals surface area contributed by atoms with Crippen LogP contribution in [0.5, 0.6) is 0 Å². The van der Waals surface area contributed by atoms with E-state index in [0.717, 1.165) is 58.9 Å². The van der Waals surface area contributed by atoms with Gasteiger partial charge in [0, 0.05) is 11.8 Å². The summed E-state index contributed by atoms with van der Waals surface area (Å²) in [6.45, 7) is 8.94. The number of allylic oxidation sites excluding steroid dienone is 2. The molecule has 25 heavy (non-hydrogen) atoms. The molecule has 1 heteroatoms. The van der Waals surface area contributed by atoms with Crippen molar-refractivity contribution >= 4 is 0 Å². The maximum absolute atomic E-state index is 6.51. The Bertz CT molecular complexity index is 493. The lowest BCUT2D eigenvalue weighted by Gasteiger charge is -2.56. The minimum absolute atomic E-state index is 0.640. The summed E-state index contributed by atoms with van der Waals surface area (Å²) < 4.78 is 6.51. The van der Waals surface area contributed by atoms with Crippen molar-refractivity contribution in [3.63, 3.8) is 0 Å². The van der Waals surface area contributed by atoms with Gasteiger partial charge in [0.25, 0.3) is 0 Å². The van der Waals surface area contributed by atoms with Crippen LogP contribution in [0.25, 0.3) is 0 Å². The number of ether oxygens (including phenoxy) is 1. The van der Waals surface area contributed by atoms with Crippen LogP contribution in [0, 0.1) is 59.2 Å². The topological polar surface area (TPSA) is 9.23 Å². The van der Waals surface area contributed by atoms with Crippen LogP contribution in [0.1, 0.15) is 64.2 Å². The Hall–Kier alpha value is -0.720. The molecule has 8 bridgehead atoms. The standard InChI is InChI=1S/C24H34O/c1-13(23-19-5-15-3-16(7-19)8-20(23)6-15)25-14(2)24-21-9-17-4-18(11-21)12-22(24)10-17/h15-24H,1-12H2. The summed E-state index contributed by atoms with van der Waals surface area (Å²) in [6.07, 6.45) is 14.6. The molecule has 8 fully saturated rings. The number of hydrogen-bond donors (Lipinski definition) is 0. The molecular weight excluding hydrogens is 304 g/mol. The molecule has 0 radical (unpaired) electrons. The molecule has 0 unspecified atom stereocenters. The average molecular weight is 339 g/mol. The Labute approximate surface area is 153 Å². The lowest BCUT2D eigenvalue weighted by Crippen LogP contribution is -2.47. The molecule has 0 aromatic rings. The van der Waals surface area contributed by atoms with Crippen molar-refractivity contribution in [3.8, 4) is 0 Å². The van der Waals surface area contributed by atoms with Gasteiger partial charge in [-0.25, -0.2) is 0 Å². The van der Waals surface area contributed by atoms with Crippen molar-refractivity contribution in [2.24, 2.45) is 59.2 Å². The van der Waals surface area contributed by atoms with Crippen molar-refractivity contribution in [1.82, 2.24) is 0 Å². The molecule has 8 aliphatic rings. The van der Waals surface area contributed by atoms with Crippen molar-refractivity contribution in [2.75, 3.05) is 0 Å². The maximum atomic E-state index is 6.51. The van der Waals surface area contributed by atoms with Crippen LogP contribution in [0.4, 0.5) is 0 Å². The summed E-state index contributed by atoms with van der Waals surface area (Å²) in [4.78, 5) is 0. The molecule has 0 aromatic heterocycles. The lowest BCUT2D eigenvalue weighted by molar-refractivity contribution is -0.0566. The van der Waals surface area contributed by atoms with E-state index in [1.165, 1.54) is 64.2 Å². The van der Waals surface area contributed by atoms with E-state index in [1.54, 1.807) is 0 Å². The van der Waals surface area contributed by atoms with Crippen molar-refractivity contribution in [1.29, 1.82) is 0 Å². The molecule has 1 nitrogen and oxygen atoms in total. The fourth-order valence-corrected chi connectivity index (χ4v) is 9.21. The van der Waals surface area contributed by atoms with Crippen LogP contribution < -0.4 is 0 Å². The van der Waals surface area contributed by atoms with E-state index in [1.807, 2.05) is 0 Å². The summed E-state index contributed by atoms with van der Waals surface area (Å²) >= 11 is 0. The first kappa shape index (κ1) is 15.3. The van der Waals surface area contributed by atoms with Gasteiger partial charge in [-0.05, 0) is 112 Å². The van der Waals surface area contributed by atoms with E-state index in [9.17, 15) is 0 Å². The van der Waals surface area contributed by atoms with Gasteiger partial charge in [0.05, 0.1) is 0 Å². The summed E-state index contributed by atoms with van der Waals surface area (Å²) in [5, 5.41) is 0. The predicted molar refractivity (Wildman–Crippen MR) is 100 cm³/mol. The molecular formula is C24H34O. The van der Waals surface area contributed by atoms with Crippen LogP contribution >= 0.6 is 0 Å². The molecule has 0 amide bonds. The lowest BCUT2D eigenvalue weighted by atomic mass is 9.51. The highest BCUT2D eigenvalue weighted by molar-refractivity contribution is 5.13. The quantitative estimate of drug-likeness (QED) is 0.557. The third-order valence-electron chi connectivity index (χ3n) is 9.46. The van der Waals surface area contributed by atoms with Crippen LogP contribution in [-0.4, -0.2) is 0 Å². The van der Waals surface area contributed by atoms with E-state index in [2.05, 4.69) is 13.2 Å². The molecule has 8 saturated carbocycles. The van der Waals surface area contributed by atoms with Gasteiger partial charge in [0.2, 0.25) is 0 Å². The van der Waals surface area contributed by atoms with Crippen LogP contribution in [0.3, 0.4) is 0 Å². The van der Waals surface area contributed by atoms with Gasteiger partial charge in [-0.1, -0.05) is 13.2 Å². The van der Waals surface area contributed by atoms with E-state index in [4.69, 9.17) is 4.74 Å². The minimum Gasteiger partial charge on any atom is -0.467 e. The molecule has 0 aromatic carbocycles. The van der Waals surface area contributed by atoms with Gasteiger partial charge in [0.1, 0.15) is 11.5 Å². The molecule has 8 aliphatic carbocycles. The van der Waals surface area contributed by atoms with Gasteiger partial charge in [0.15, 0.2) is 0 Å². The highest BCUT2D eigenvalue weighted by Gasteiger charge is 2.52. The van der Waals surface area contributed by atoms with Crippen LogP contribution in [0.2, 0.25) is 0 Å². The average Bonchev–Trinajstić information content (AvgIpc) is 2.52. The van der Waals surface area contributed by atoms with E-state index < -0.39 is 0 Å². The normalized spacial score (nSPS) is 54.7. The zero-order valence-corrected chi connectivity index (χ0v) is 15.7. The van der Waals surface area contributed by atoms with E-state index in [-0.39, 0.29) is 0 Å². The zero-order valence-electron chi connectivity index (χ0n) is 15.7. The van der Waals surface area contributed by atoms with E-state index in [0.29, 0.717) is 11.8 Å². The largest absolute Gasteiger partial charge is 0.467 e. The third kappa shape index (κ3) is 2.33. The Morgan fingerprint density at radius 2 is 0.760 bits per heavy atom. The first-order chi connectivity index (χ1) is 12.1. The van der Waals surface area contributed by atoms with Crippen molar-refractivity contribution < 1.29 is 4.74 Å². The molecule has 0 aliphatic heterocycles. The summed E-state index contributed by atoms with van der Waals surface area (Å²) in [5.41, 5.74) is 0. The van der Waals surface area contributed by atoms with Crippen molar-refractivity contribution in [3.05, 3.63) is 24.7 Å². The van der Waals surface area contributed by atoms with Crippen LogP contribution in [-0.2, 0) is 4.74 Å². The Morgan fingerprint density at radius 1 is 0.480 bits per heavy atom. The van der Waals surface area contributed by atoms with Gasteiger partial charge < -0.3 is 4.74 Å². The molecule has 0 saturated heterocycles. The molecule has 0 spiro atoms. The second kappa shape index (κ2) is 5.40. The predicted octanol–water partition coefficient (Wildman–Crippen LogP) is 6.18. The fraction of sp³-hybridized carbons (Fsp3) is 0.833. The Morgan fingerprint density at radius 3 is 1.04 bits per heavy atom. The monoisotopic (exact) mass is 338 g/mol. The fourth-order valence-electron chi connectivity index (χ4n) is 9.21. The Kier molecular flexibility index (Phi) is 3.31. The van der Waals surface area contributed by atoms with Gasteiger partial charge in [-0.3, -0.25) is 0 Å². The number of rotatable bonds is 4. The van der Waals surface area contributed by atoms with Gasteiger partial charge >= 0.3 is 0 Å². The summed E-state index contributed by atoms with van der Waals surface area (Å²) in [7, 11) is 0. The smallest absolute Gasteiger partial charge is 0.100 e. The number of hydrogen-bond acceptors (Lipinski definition) is 1. The molecule has 0 N–H and O–H groups in total. The molecule has 0 heterocycles. The first-order valence-electron chi connectivity index (χ1n) is 11.2. The summed E-state index contributed by atoms with van der Waals surface area (Å²) in [5.74, 6) is 11.1. The summed E-state index contributed by atoms with van der Waals surface area (Å²) in [6, 6.07) is 0. The van der Waals surface area contributed by atoms with E-state index >= 15 is 0 Å². The second-order valence-corrected chi connectivity index (χ2v) is 10.9. The van der Waals surface area contributed by atoms with Crippen LogP contribution in [0.15, 0.2) is 24.7 Å². The molecule has 136 valence electrons. The second-order valence-electron chi connectivity index (χ2n) is 10.9. The third-order valence-corrected chi connectivity index (χ3v) is 9.46. The molecule has 0 atom stereocenters. The minimum atomic E-state index is 0.640. The first-order valence-corrected chi connectivity index (χ1v) is 11.2. The highest BCUT2D eigenvalue weighted by atomic mass is 16.5. The zero-order chi connectivity index (χ0) is 16.7.